The second-order valence-corrected chi connectivity index (χ2v) is 8.44. The van der Waals surface area contributed by atoms with Crippen LogP contribution in [0.1, 0.15) is 42.4 Å². The molecule has 1 heterocycles. The van der Waals surface area contributed by atoms with Crippen molar-refractivity contribution >= 4 is 21.2 Å². The minimum Gasteiger partial charge on any atom is -0.243 e. The molecule has 6 heteroatoms. The Balaban J connectivity index is 1.76. The maximum absolute atomic E-state index is 11.4. The first-order valence-corrected chi connectivity index (χ1v) is 9.67. The summed E-state index contributed by atoms with van der Waals surface area (Å²) in [6.07, 6.45) is 6.04. The van der Waals surface area contributed by atoms with E-state index < -0.39 is 10.0 Å². The number of nitrogens with two attached hydrogens (primary N) is 1. The van der Waals surface area contributed by atoms with Crippen molar-refractivity contribution in [2.75, 3.05) is 0 Å². The van der Waals surface area contributed by atoms with E-state index in [1.807, 2.05) is 24.3 Å². The van der Waals surface area contributed by atoms with E-state index in [2.05, 4.69) is 11.1 Å². The molecule has 0 amide bonds. The molecule has 4 rings (SSSR count). The summed E-state index contributed by atoms with van der Waals surface area (Å²) in [7, 11) is -3.78. The highest BCUT2D eigenvalue weighted by molar-refractivity contribution is 7.89. The van der Waals surface area contributed by atoms with Crippen molar-refractivity contribution in [3.63, 3.8) is 0 Å². The Morgan fingerprint density at radius 3 is 2.08 bits per heavy atom. The van der Waals surface area contributed by atoms with Gasteiger partial charge in [-0.2, -0.15) is 5.26 Å². The highest BCUT2D eigenvalue weighted by atomic mass is 32.2. The summed E-state index contributed by atoms with van der Waals surface area (Å²) in [5.41, 5.74) is 5.55. The molecule has 2 aliphatic carbocycles. The van der Waals surface area contributed by atoms with Crippen LogP contribution in [0.25, 0.3) is 11.1 Å². The molecule has 0 bridgehead atoms. The monoisotopic (exact) mass is 351 g/mol. The van der Waals surface area contributed by atoms with Gasteiger partial charge in [0.25, 0.3) is 10.0 Å². The van der Waals surface area contributed by atoms with Crippen molar-refractivity contribution < 1.29 is 8.42 Å². The molecule has 0 unspecified atom stereocenters. The Hall–Kier alpha value is -2.49. The van der Waals surface area contributed by atoms with Gasteiger partial charge in [-0.25, -0.2) is 18.5 Å². The summed E-state index contributed by atoms with van der Waals surface area (Å²) in [6, 6.07) is 13.0. The van der Waals surface area contributed by atoms with Crippen molar-refractivity contribution in [1.82, 2.24) is 4.98 Å². The molecule has 0 atom stereocenters. The van der Waals surface area contributed by atoms with Crippen molar-refractivity contribution in [2.24, 2.45) is 10.6 Å². The first-order chi connectivity index (χ1) is 11.9. The molecular formula is C19H17N3O2S. The van der Waals surface area contributed by atoms with Gasteiger partial charge in [0.15, 0.2) is 5.03 Å². The minimum absolute atomic E-state index is 0.115. The Morgan fingerprint density at radius 2 is 1.60 bits per heavy atom. The fourth-order valence-corrected chi connectivity index (χ4v) is 4.04. The summed E-state index contributed by atoms with van der Waals surface area (Å²) >= 11 is 0. The highest BCUT2D eigenvalue weighted by Gasteiger charge is 2.48. The molecule has 0 radical (unpaired) electrons. The third-order valence-corrected chi connectivity index (χ3v) is 5.99. The summed E-state index contributed by atoms with van der Waals surface area (Å²) in [5.74, 6) is 0. The zero-order valence-electron chi connectivity index (χ0n) is 13.6. The highest BCUT2D eigenvalue weighted by Crippen LogP contribution is 2.63. The molecule has 0 saturated heterocycles. The van der Waals surface area contributed by atoms with E-state index in [4.69, 9.17) is 10.4 Å². The van der Waals surface area contributed by atoms with Crippen LogP contribution in [-0.4, -0.2) is 13.4 Å². The Bertz CT molecular complexity index is 1010. The molecule has 5 nitrogen and oxygen atoms in total. The number of pyridine rings is 1. The fraction of sp³-hybridized carbons (Fsp3) is 0.263. The van der Waals surface area contributed by atoms with Gasteiger partial charge in [-0.15, -0.1) is 0 Å². The van der Waals surface area contributed by atoms with Gasteiger partial charge >= 0.3 is 0 Å². The SMILES string of the molecule is N#Cc1ccc(C2=C(c3ccc(S(N)(=O)=O)nc3)CC3(CC3)C2)cc1. The zero-order chi connectivity index (χ0) is 17.7. The van der Waals surface area contributed by atoms with Gasteiger partial charge in [-0.1, -0.05) is 18.2 Å². The first kappa shape index (κ1) is 16.0. The predicted octanol–water partition coefficient (Wildman–Crippen LogP) is 3.09. The van der Waals surface area contributed by atoms with Gasteiger partial charge in [0, 0.05) is 6.20 Å². The average Bonchev–Trinajstić information content (AvgIpc) is 3.25. The van der Waals surface area contributed by atoms with E-state index in [0.717, 1.165) is 24.0 Å². The van der Waals surface area contributed by atoms with E-state index in [0.29, 0.717) is 11.0 Å². The number of primary sulfonamides is 1. The molecule has 0 aliphatic heterocycles. The van der Waals surface area contributed by atoms with Gasteiger partial charge in [-0.3, -0.25) is 0 Å². The molecule has 1 fully saturated rings. The van der Waals surface area contributed by atoms with Gasteiger partial charge in [0.1, 0.15) is 0 Å². The van der Waals surface area contributed by atoms with E-state index in [-0.39, 0.29) is 5.03 Å². The molecule has 2 N–H and O–H groups in total. The number of hydrogen-bond donors (Lipinski definition) is 1. The predicted molar refractivity (Wildman–Crippen MR) is 94.5 cm³/mol. The van der Waals surface area contributed by atoms with Crippen molar-refractivity contribution in [3.05, 3.63) is 59.3 Å². The van der Waals surface area contributed by atoms with Crippen LogP contribution < -0.4 is 5.14 Å². The Kier molecular flexibility index (Phi) is 3.53. The molecule has 25 heavy (non-hydrogen) atoms. The number of benzene rings is 1. The molecule has 2 aromatic rings. The van der Waals surface area contributed by atoms with E-state index in [1.165, 1.54) is 30.1 Å². The number of allylic oxidation sites excluding steroid dienone is 2. The third kappa shape index (κ3) is 2.97. The smallest absolute Gasteiger partial charge is 0.243 e. The van der Waals surface area contributed by atoms with Crippen LogP contribution in [0.15, 0.2) is 47.6 Å². The lowest BCUT2D eigenvalue weighted by molar-refractivity contribution is 0.568. The fourth-order valence-electron chi connectivity index (χ4n) is 3.58. The number of nitrogens with zero attached hydrogens (tertiary/aromatic N) is 2. The molecular weight excluding hydrogens is 334 g/mol. The lowest BCUT2D eigenvalue weighted by Gasteiger charge is -2.09. The maximum Gasteiger partial charge on any atom is 0.255 e. The van der Waals surface area contributed by atoms with Gasteiger partial charge in [0.2, 0.25) is 0 Å². The van der Waals surface area contributed by atoms with Crippen LogP contribution in [0.5, 0.6) is 0 Å². The van der Waals surface area contributed by atoms with E-state index in [1.54, 1.807) is 12.3 Å². The van der Waals surface area contributed by atoms with Crippen LogP contribution >= 0.6 is 0 Å². The second-order valence-electron chi connectivity index (χ2n) is 6.93. The quantitative estimate of drug-likeness (QED) is 0.919. The summed E-state index contributed by atoms with van der Waals surface area (Å²) in [5, 5.41) is 14.0. The van der Waals surface area contributed by atoms with Crippen molar-refractivity contribution in [2.45, 2.75) is 30.7 Å². The standard InChI is InChI=1S/C19H17N3O2S/c20-11-13-1-3-14(4-2-13)16-9-19(7-8-19)10-17(16)15-5-6-18(22-12-15)25(21,23)24/h1-6,12H,7-10H2,(H2,21,23,24). The lowest BCUT2D eigenvalue weighted by Crippen LogP contribution is -2.13. The van der Waals surface area contributed by atoms with Crippen LogP contribution in [0.4, 0.5) is 0 Å². The van der Waals surface area contributed by atoms with E-state index in [9.17, 15) is 8.42 Å². The summed E-state index contributed by atoms with van der Waals surface area (Å²) < 4.78 is 22.8. The number of aromatic nitrogens is 1. The number of sulfonamides is 1. The second kappa shape index (κ2) is 5.51. The normalized spacial score (nSPS) is 18.4. The first-order valence-electron chi connectivity index (χ1n) is 8.12. The number of nitriles is 1. The molecule has 1 saturated carbocycles. The average molecular weight is 351 g/mol. The molecule has 1 aromatic carbocycles. The maximum atomic E-state index is 11.4. The summed E-state index contributed by atoms with van der Waals surface area (Å²) in [4.78, 5) is 4.03. The van der Waals surface area contributed by atoms with Gasteiger partial charge in [0.05, 0.1) is 11.6 Å². The largest absolute Gasteiger partial charge is 0.255 e. The van der Waals surface area contributed by atoms with Crippen LogP contribution in [-0.2, 0) is 10.0 Å². The van der Waals surface area contributed by atoms with Gasteiger partial charge < -0.3 is 0 Å². The Labute approximate surface area is 146 Å². The lowest BCUT2D eigenvalue weighted by atomic mass is 9.97. The minimum atomic E-state index is -3.78. The topological polar surface area (TPSA) is 96.8 Å². The third-order valence-electron chi connectivity index (χ3n) is 5.16. The molecule has 126 valence electrons. The molecule has 2 aliphatic rings. The number of rotatable bonds is 3. The van der Waals surface area contributed by atoms with Crippen LogP contribution in [0.3, 0.4) is 0 Å². The molecule has 1 spiro atoms. The summed E-state index contributed by atoms with van der Waals surface area (Å²) in [6.45, 7) is 0. The van der Waals surface area contributed by atoms with Crippen LogP contribution in [0, 0.1) is 16.7 Å². The number of hydrogen-bond acceptors (Lipinski definition) is 4. The van der Waals surface area contributed by atoms with Crippen LogP contribution in [0.2, 0.25) is 0 Å². The van der Waals surface area contributed by atoms with Crippen molar-refractivity contribution in [1.29, 1.82) is 5.26 Å². The van der Waals surface area contributed by atoms with Gasteiger partial charge in [-0.05, 0) is 71.6 Å². The molecule has 1 aromatic heterocycles. The Morgan fingerprint density at radius 1 is 1.00 bits per heavy atom. The zero-order valence-corrected chi connectivity index (χ0v) is 14.4. The van der Waals surface area contributed by atoms with Crippen molar-refractivity contribution in [3.8, 4) is 6.07 Å². The van der Waals surface area contributed by atoms with E-state index >= 15 is 0 Å².